The molecule has 154 valence electrons. The van der Waals surface area contributed by atoms with Crippen molar-refractivity contribution in [2.75, 3.05) is 4.72 Å². The van der Waals surface area contributed by atoms with Crippen molar-refractivity contribution in [2.45, 2.75) is 4.90 Å². The molecule has 0 aliphatic heterocycles. The fourth-order valence-corrected chi connectivity index (χ4v) is 3.57. The second kappa shape index (κ2) is 8.35. The Hall–Kier alpha value is -3.70. The van der Waals surface area contributed by atoms with Crippen LogP contribution < -0.4 is 9.46 Å². The standard InChI is InChI=1S/C18H12ClN3O7S/c19-12-1-5-16(6-2-12)29-17-10-13(9-15(11-17)22(25)26)20-30(27,28)18-7-3-14(4-8-18)21(23)24/h1-11,20H. The average Bonchev–Trinajstić information content (AvgIpc) is 2.69. The molecule has 0 heterocycles. The Balaban J connectivity index is 1.92. The highest BCUT2D eigenvalue weighted by molar-refractivity contribution is 7.92. The highest BCUT2D eigenvalue weighted by Gasteiger charge is 2.19. The van der Waals surface area contributed by atoms with Gasteiger partial charge >= 0.3 is 0 Å². The van der Waals surface area contributed by atoms with Crippen molar-refractivity contribution >= 4 is 38.7 Å². The lowest BCUT2D eigenvalue weighted by molar-refractivity contribution is -0.385. The molecule has 0 saturated heterocycles. The van der Waals surface area contributed by atoms with E-state index in [1.54, 1.807) is 24.3 Å². The van der Waals surface area contributed by atoms with Crippen LogP contribution in [0.5, 0.6) is 11.5 Å². The minimum absolute atomic E-state index is 0.0212. The number of ether oxygens (including phenoxy) is 1. The monoisotopic (exact) mass is 449 g/mol. The lowest BCUT2D eigenvalue weighted by Gasteiger charge is -2.11. The van der Waals surface area contributed by atoms with Crippen molar-refractivity contribution < 1.29 is 23.0 Å². The largest absolute Gasteiger partial charge is 0.457 e. The summed E-state index contributed by atoms with van der Waals surface area (Å²) in [7, 11) is -4.16. The Kier molecular flexibility index (Phi) is 5.85. The molecular formula is C18H12ClN3O7S. The van der Waals surface area contributed by atoms with Crippen molar-refractivity contribution in [2.24, 2.45) is 0 Å². The number of nitro groups is 2. The second-order valence-electron chi connectivity index (χ2n) is 5.89. The van der Waals surface area contributed by atoms with Crippen molar-refractivity contribution in [1.29, 1.82) is 0 Å². The van der Waals surface area contributed by atoms with Crippen molar-refractivity contribution in [3.8, 4) is 11.5 Å². The molecule has 0 aromatic heterocycles. The summed E-state index contributed by atoms with van der Waals surface area (Å²) in [4.78, 5) is 20.3. The van der Waals surface area contributed by atoms with E-state index in [-0.39, 0.29) is 22.0 Å². The molecule has 0 atom stereocenters. The summed E-state index contributed by atoms with van der Waals surface area (Å²) in [5.41, 5.74) is -0.794. The van der Waals surface area contributed by atoms with Gasteiger partial charge in [-0.15, -0.1) is 0 Å². The molecule has 0 aliphatic rings. The van der Waals surface area contributed by atoms with Crippen molar-refractivity contribution in [1.82, 2.24) is 0 Å². The minimum atomic E-state index is -4.16. The maximum Gasteiger partial charge on any atom is 0.275 e. The molecule has 0 spiro atoms. The number of hydrogen-bond donors (Lipinski definition) is 1. The van der Waals surface area contributed by atoms with Crippen molar-refractivity contribution in [3.63, 3.8) is 0 Å². The number of halogens is 1. The normalized spacial score (nSPS) is 11.0. The van der Waals surface area contributed by atoms with E-state index in [1.807, 2.05) is 0 Å². The number of sulfonamides is 1. The highest BCUT2D eigenvalue weighted by Crippen LogP contribution is 2.31. The molecular weight excluding hydrogens is 438 g/mol. The topological polar surface area (TPSA) is 142 Å². The van der Waals surface area contributed by atoms with Gasteiger partial charge in [-0.3, -0.25) is 25.0 Å². The number of rotatable bonds is 7. The quantitative estimate of drug-likeness (QED) is 0.405. The molecule has 3 aromatic carbocycles. The Bertz CT molecular complexity index is 1210. The van der Waals surface area contributed by atoms with Crippen LogP contribution in [0.15, 0.2) is 71.6 Å². The van der Waals surface area contributed by atoms with Gasteiger partial charge in [0, 0.05) is 29.3 Å². The second-order valence-corrected chi connectivity index (χ2v) is 8.00. The maximum absolute atomic E-state index is 12.6. The van der Waals surface area contributed by atoms with Crippen LogP contribution in [0.25, 0.3) is 0 Å². The summed E-state index contributed by atoms with van der Waals surface area (Å²) in [5.74, 6) is 0.358. The zero-order valence-electron chi connectivity index (χ0n) is 14.9. The number of anilines is 1. The van der Waals surface area contributed by atoms with Crippen LogP contribution in [0, 0.1) is 20.2 Å². The van der Waals surface area contributed by atoms with Gasteiger partial charge in [-0.1, -0.05) is 11.6 Å². The van der Waals surface area contributed by atoms with E-state index in [4.69, 9.17) is 16.3 Å². The third-order valence-corrected chi connectivity index (χ3v) is 5.41. The molecule has 0 fully saturated rings. The van der Waals surface area contributed by atoms with E-state index < -0.39 is 25.6 Å². The average molecular weight is 450 g/mol. The van der Waals surface area contributed by atoms with Crippen LogP contribution >= 0.6 is 11.6 Å². The zero-order valence-corrected chi connectivity index (χ0v) is 16.5. The predicted octanol–water partition coefficient (Wildman–Crippen LogP) is 4.75. The van der Waals surface area contributed by atoms with Crippen LogP contribution in [-0.2, 0) is 10.0 Å². The number of benzene rings is 3. The summed E-state index contributed by atoms with van der Waals surface area (Å²) in [5, 5.41) is 22.4. The number of hydrogen-bond acceptors (Lipinski definition) is 7. The molecule has 3 aromatic rings. The zero-order chi connectivity index (χ0) is 21.9. The minimum Gasteiger partial charge on any atom is -0.457 e. The van der Waals surface area contributed by atoms with E-state index in [0.29, 0.717) is 10.8 Å². The number of nitrogens with zero attached hydrogens (tertiary/aromatic N) is 2. The molecule has 1 N–H and O–H groups in total. The number of non-ortho nitro benzene ring substituents is 2. The van der Waals surface area contributed by atoms with Crippen LogP contribution in [0.1, 0.15) is 0 Å². The predicted molar refractivity (Wildman–Crippen MR) is 109 cm³/mol. The van der Waals surface area contributed by atoms with Gasteiger partial charge in [0.25, 0.3) is 21.4 Å². The van der Waals surface area contributed by atoms with Crippen LogP contribution in [0.4, 0.5) is 17.1 Å². The maximum atomic E-state index is 12.6. The Morgan fingerprint density at radius 2 is 1.40 bits per heavy atom. The summed E-state index contributed by atoms with van der Waals surface area (Å²) in [6, 6.07) is 13.8. The molecule has 10 nitrogen and oxygen atoms in total. The number of nitrogens with one attached hydrogen (secondary N) is 1. The SMILES string of the molecule is O=[N+]([O-])c1ccc(S(=O)(=O)Nc2cc(Oc3ccc(Cl)cc3)cc([N+](=O)[O-])c2)cc1. The number of nitro benzene ring substituents is 2. The summed E-state index contributed by atoms with van der Waals surface area (Å²) in [6.45, 7) is 0. The lowest BCUT2D eigenvalue weighted by atomic mass is 10.2. The smallest absolute Gasteiger partial charge is 0.275 e. The van der Waals surface area contributed by atoms with Crippen LogP contribution in [-0.4, -0.2) is 18.3 Å². The molecule has 0 bridgehead atoms. The summed E-state index contributed by atoms with van der Waals surface area (Å²) >= 11 is 5.81. The van der Waals surface area contributed by atoms with E-state index in [1.165, 1.54) is 6.07 Å². The fourth-order valence-electron chi connectivity index (χ4n) is 2.41. The van der Waals surface area contributed by atoms with Gasteiger partial charge in [0.1, 0.15) is 11.5 Å². The highest BCUT2D eigenvalue weighted by atomic mass is 35.5. The van der Waals surface area contributed by atoms with Gasteiger partial charge in [-0.05, 0) is 36.4 Å². The van der Waals surface area contributed by atoms with E-state index in [2.05, 4.69) is 4.72 Å². The van der Waals surface area contributed by atoms with Crippen LogP contribution in [0.2, 0.25) is 5.02 Å². The molecule has 0 radical (unpaired) electrons. The first-order valence-corrected chi connectivity index (χ1v) is 10.0. The Morgan fingerprint density at radius 1 is 0.800 bits per heavy atom. The first-order valence-electron chi connectivity index (χ1n) is 8.14. The summed E-state index contributed by atoms with van der Waals surface area (Å²) in [6.07, 6.45) is 0. The van der Waals surface area contributed by atoms with E-state index in [9.17, 15) is 28.6 Å². The van der Waals surface area contributed by atoms with E-state index in [0.717, 1.165) is 36.4 Å². The third-order valence-electron chi connectivity index (χ3n) is 3.76. The fraction of sp³-hybridized carbons (Fsp3) is 0. The van der Waals surface area contributed by atoms with E-state index >= 15 is 0 Å². The first kappa shape index (κ1) is 21.0. The van der Waals surface area contributed by atoms with Crippen LogP contribution in [0.3, 0.4) is 0 Å². The van der Waals surface area contributed by atoms with Crippen molar-refractivity contribution in [3.05, 3.63) is 92.0 Å². The molecule has 0 saturated carbocycles. The Morgan fingerprint density at radius 3 is 1.97 bits per heavy atom. The Labute approximate surface area is 175 Å². The lowest BCUT2D eigenvalue weighted by Crippen LogP contribution is -2.13. The third kappa shape index (κ3) is 5.01. The van der Waals surface area contributed by atoms with Gasteiger partial charge in [-0.2, -0.15) is 0 Å². The molecule has 0 amide bonds. The molecule has 3 rings (SSSR count). The summed E-state index contributed by atoms with van der Waals surface area (Å²) < 4.78 is 32.9. The molecule has 0 aliphatic carbocycles. The molecule has 30 heavy (non-hydrogen) atoms. The van der Waals surface area contributed by atoms with Gasteiger partial charge in [-0.25, -0.2) is 8.42 Å². The molecule has 12 heteroatoms. The van der Waals surface area contributed by atoms with Gasteiger partial charge < -0.3 is 4.74 Å². The van der Waals surface area contributed by atoms with Gasteiger partial charge in [0.05, 0.1) is 26.5 Å². The van der Waals surface area contributed by atoms with Gasteiger partial charge in [0.2, 0.25) is 0 Å². The first-order chi connectivity index (χ1) is 14.1. The van der Waals surface area contributed by atoms with Gasteiger partial charge in [0.15, 0.2) is 0 Å². The molecule has 0 unspecified atom stereocenters.